The molecule has 1 heterocycles. The molecule has 2 atom stereocenters. The first-order chi connectivity index (χ1) is 12.8. The number of carbonyl (C=O) groups excluding carboxylic acids is 1. The number of amides is 1. The molecule has 6 heteroatoms. The molecule has 2 aliphatic rings. The standard InChI is InChI=1S/C22H34N2O3S/c1-16(2)24(28(6,26)27)13-17-7-9-18(10-8-17)20(25)23-14-19-11-12-22(5,15-23)21(19,3)4/h7-10,16,19H,11-15H2,1-6H3. The molecule has 1 aromatic carbocycles. The Kier molecular flexibility index (Phi) is 5.43. The number of carbonyl (C=O) groups is 1. The number of benzene rings is 1. The third-order valence-corrected chi connectivity index (χ3v) is 8.83. The fourth-order valence-electron chi connectivity index (χ4n) is 4.98. The van der Waals surface area contributed by atoms with E-state index in [0.29, 0.717) is 18.0 Å². The third-order valence-electron chi connectivity index (χ3n) is 7.43. The van der Waals surface area contributed by atoms with E-state index in [-0.39, 0.29) is 22.8 Å². The van der Waals surface area contributed by atoms with Crippen LogP contribution in [0, 0.1) is 16.7 Å². The molecule has 1 aliphatic heterocycles. The van der Waals surface area contributed by atoms with Crippen molar-refractivity contribution in [3.05, 3.63) is 35.4 Å². The van der Waals surface area contributed by atoms with Gasteiger partial charge in [0.15, 0.2) is 0 Å². The van der Waals surface area contributed by atoms with Gasteiger partial charge in [0.2, 0.25) is 10.0 Å². The molecule has 1 amide bonds. The van der Waals surface area contributed by atoms with Gasteiger partial charge in [0.05, 0.1) is 6.26 Å². The number of piperidine rings is 1. The van der Waals surface area contributed by atoms with E-state index in [1.54, 1.807) is 0 Å². The number of hydrogen-bond acceptors (Lipinski definition) is 3. The predicted octanol–water partition coefficient (Wildman–Crippen LogP) is 3.75. The van der Waals surface area contributed by atoms with E-state index in [4.69, 9.17) is 0 Å². The lowest BCUT2D eigenvalue weighted by Gasteiger charge is -2.50. The number of nitrogens with zero attached hydrogens (tertiary/aromatic N) is 2. The largest absolute Gasteiger partial charge is 0.338 e. The van der Waals surface area contributed by atoms with Crippen molar-refractivity contribution < 1.29 is 13.2 Å². The molecule has 5 nitrogen and oxygen atoms in total. The van der Waals surface area contributed by atoms with Crippen molar-refractivity contribution in [1.29, 1.82) is 0 Å². The van der Waals surface area contributed by atoms with Gasteiger partial charge in [-0.05, 0) is 61.1 Å². The first kappa shape index (κ1) is 21.3. The lowest BCUT2D eigenvalue weighted by molar-refractivity contribution is -0.0107. The maximum Gasteiger partial charge on any atom is 0.253 e. The van der Waals surface area contributed by atoms with Gasteiger partial charge in [-0.3, -0.25) is 4.79 Å². The maximum absolute atomic E-state index is 13.1. The lowest BCUT2D eigenvalue weighted by Crippen LogP contribution is -2.53. The quantitative estimate of drug-likeness (QED) is 0.748. The van der Waals surface area contributed by atoms with Crippen molar-refractivity contribution in [2.24, 2.45) is 16.7 Å². The van der Waals surface area contributed by atoms with Crippen molar-refractivity contribution in [2.45, 2.75) is 60.0 Å². The summed E-state index contributed by atoms with van der Waals surface area (Å²) in [5, 5.41) is 0. The monoisotopic (exact) mass is 406 g/mol. The Morgan fingerprint density at radius 2 is 1.82 bits per heavy atom. The number of fused-ring (bicyclic) bond motifs is 2. The molecular weight excluding hydrogens is 372 g/mol. The smallest absolute Gasteiger partial charge is 0.253 e. The summed E-state index contributed by atoms with van der Waals surface area (Å²) in [6, 6.07) is 7.31. The van der Waals surface area contributed by atoms with Gasteiger partial charge >= 0.3 is 0 Å². The molecule has 1 saturated carbocycles. The van der Waals surface area contributed by atoms with Gasteiger partial charge in [0.25, 0.3) is 5.91 Å². The van der Waals surface area contributed by atoms with E-state index in [1.165, 1.54) is 23.4 Å². The van der Waals surface area contributed by atoms with Gasteiger partial charge in [-0.15, -0.1) is 0 Å². The summed E-state index contributed by atoms with van der Waals surface area (Å²) in [5.41, 5.74) is 2.03. The first-order valence-corrected chi connectivity index (χ1v) is 12.0. The highest BCUT2D eigenvalue weighted by molar-refractivity contribution is 7.88. The predicted molar refractivity (Wildman–Crippen MR) is 112 cm³/mol. The fraction of sp³-hybridized carbons (Fsp3) is 0.682. The van der Waals surface area contributed by atoms with Gasteiger partial charge in [-0.1, -0.05) is 32.9 Å². The van der Waals surface area contributed by atoms with E-state index >= 15 is 0 Å². The average Bonchev–Trinajstić information content (AvgIpc) is 2.74. The van der Waals surface area contributed by atoms with Gasteiger partial charge in [-0.25, -0.2) is 8.42 Å². The summed E-state index contributed by atoms with van der Waals surface area (Å²) < 4.78 is 25.4. The molecular formula is C22H34N2O3S. The Balaban J connectivity index is 1.73. The summed E-state index contributed by atoms with van der Waals surface area (Å²) in [4.78, 5) is 15.1. The zero-order valence-corrected chi connectivity index (χ0v) is 18.8. The molecule has 0 N–H and O–H groups in total. The minimum absolute atomic E-state index is 0.0870. The van der Waals surface area contributed by atoms with Crippen molar-refractivity contribution in [3.8, 4) is 0 Å². The number of likely N-dealkylation sites (tertiary alicyclic amines) is 1. The van der Waals surface area contributed by atoms with E-state index in [1.807, 2.05) is 43.0 Å². The second-order valence-corrected chi connectivity index (χ2v) is 11.7. The number of hydrogen-bond donors (Lipinski definition) is 0. The second kappa shape index (κ2) is 7.13. The first-order valence-electron chi connectivity index (χ1n) is 10.2. The Bertz CT molecular complexity index is 845. The van der Waals surface area contributed by atoms with Crippen LogP contribution in [0.5, 0.6) is 0 Å². The van der Waals surface area contributed by atoms with Crippen molar-refractivity contribution in [2.75, 3.05) is 19.3 Å². The highest BCUT2D eigenvalue weighted by Crippen LogP contribution is 2.59. The molecule has 1 aromatic rings. The zero-order valence-electron chi connectivity index (χ0n) is 18.0. The summed E-state index contributed by atoms with van der Waals surface area (Å²) >= 11 is 0. The lowest BCUT2D eigenvalue weighted by atomic mass is 9.63. The summed E-state index contributed by atoms with van der Waals surface area (Å²) in [7, 11) is -3.27. The Morgan fingerprint density at radius 1 is 1.21 bits per heavy atom. The normalized spacial score (nSPS) is 26.9. The molecule has 0 radical (unpaired) electrons. The van der Waals surface area contributed by atoms with Crippen LogP contribution in [0.1, 0.15) is 63.4 Å². The minimum atomic E-state index is -3.27. The summed E-state index contributed by atoms with van der Waals surface area (Å²) in [6.07, 6.45) is 3.62. The van der Waals surface area contributed by atoms with E-state index in [2.05, 4.69) is 20.8 Å². The van der Waals surface area contributed by atoms with Crippen LogP contribution in [0.4, 0.5) is 0 Å². The van der Waals surface area contributed by atoms with Crippen LogP contribution in [0.2, 0.25) is 0 Å². The highest BCUT2D eigenvalue weighted by atomic mass is 32.2. The summed E-state index contributed by atoms with van der Waals surface area (Å²) in [5.74, 6) is 0.646. The average molecular weight is 407 g/mol. The molecule has 1 saturated heterocycles. The van der Waals surface area contributed by atoms with Crippen molar-refractivity contribution in [1.82, 2.24) is 9.21 Å². The van der Waals surface area contributed by atoms with Gasteiger partial charge < -0.3 is 4.90 Å². The molecule has 28 heavy (non-hydrogen) atoms. The van der Waals surface area contributed by atoms with Crippen LogP contribution < -0.4 is 0 Å². The number of rotatable bonds is 5. The molecule has 2 fully saturated rings. The topological polar surface area (TPSA) is 57.7 Å². The molecule has 3 rings (SSSR count). The van der Waals surface area contributed by atoms with Crippen molar-refractivity contribution >= 4 is 15.9 Å². The van der Waals surface area contributed by atoms with Crippen LogP contribution in [-0.4, -0.2) is 48.9 Å². The second-order valence-electron chi connectivity index (χ2n) is 9.80. The molecule has 1 aliphatic carbocycles. The Labute approximate surface area is 170 Å². The van der Waals surface area contributed by atoms with Gasteiger partial charge in [0, 0.05) is 31.2 Å². The highest BCUT2D eigenvalue weighted by Gasteiger charge is 2.56. The maximum atomic E-state index is 13.1. The van der Waals surface area contributed by atoms with Crippen LogP contribution in [-0.2, 0) is 16.6 Å². The van der Waals surface area contributed by atoms with E-state index < -0.39 is 10.0 Å². The van der Waals surface area contributed by atoms with E-state index in [0.717, 1.165) is 18.7 Å². The Hall–Kier alpha value is -1.40. The number of sulfonamides is 1. The molecule has 2 bridgehead atoms. The minimum Gasteiger partial charge on any atom is -0.338 e. The zero-order chi connectivity index (χ0) is 20.9. The Morgan fingerprint density at radius 3 is 2.32 bits per heavy atom. The van der Waals surface area contributed by atoms with Crippen LogP contribution in [0.25, 0.3) is 0 Å². The van der Waals surface area contributed by atoms with Crippen molar-refractivity contribution in [3.63, 3.8) is 0 Å². The molecule has 156 valence electrons. The van der Waals surface area contributed by atoms with E-state index in [9.17, 15) is 13.2 Å². The van der Waals surface area contributed by atoms with Gasteiger partial charge in [-0.2, -0.15) is 4.31 Å². The molecule has 0 spiro atoms. The fourth-order valence-corrected chi connectivity index (χ4v) is 6.12. The summed E-state index contributed by atoms with van der Waals surface area (Å²) in [6.45, 7) is 12.7. The van der Waals surface area contributed by atoms with Crippen LogP contribution >= 0.6 is 0 Å². The SMILES string of the molecule is CC(C)N(Cc1ccc(C(=O)N2CC3CCC(C)(C2)C3(C)C)cc1)S(C)(=O)=O. The van der Waals surface area contributed by atoms with Crippen LogP contribution in [0.15, 0.2) is 24.3 Å². The third kappa shape index (κ3) is 3.73. The molecule has 2 unspecified atom stereocenters. The van der Waals surface area contributed by atoms with Gasteiger partial charge in [0.1, 0.15) is 0 Å². The molecule has 0 aromatic heterocycles. The van der Waals surface area contributed by atoms with Crippen LogP contribution in [0.3, 0.4) is 0 Å².